The second-order valence-electron chi connectivity index (χ2n) is 13.6. The largest absolute Gasteiger partial charge is 0.481 e. The van der Waals surface area contributed by atoms with Crippen molar-refractivity contribution < 1.29 is 29.0 Å². The number of carboxylic acid groups (broad SMARTS) is 1. The average molecular weight is 671 g/mol. The molecule has 0 heterocycles. The van der Waals surface area contributed by atoms with Crippen LogP contribution in [-0.4, -0.2) is 47.2 Å². The highest BCUT2D eigenvalue weighted by Crippen LogP contribution is 2.17. The summed E-state index contributed by atoms with van der Waals surface area (Å²) in [5, 5.41) is 9.17. The van der Waals surface area contributed by atoms with Crippen LogP contribution in [0.25, 0.3) is 0 Å². The number of carbonyl (C=O) groups excluding carboxylic acids is 2. The van der Waals surface area contributed by atoms with E-state index in [1.807, 2.05) is 0 Å². The zero-order valence-electron chi connectivity index (χ0n) is 30.5. The number of aliphatic carboxylic acids is 1. The summed E-state index contributed by atoms with van der Waals surface area (Å²) < 4.78 is 11.2. The molecule has 0 aliphatic carbocycles. The van der Waals surface area contributed by atoms with Crippen LogP contribution in [0.4, 0.5) is 0 Å². The molecule has 0 aliphatic rings. The third kappa shape index (κ3) is 32.7. The SMILES string of the molecule is CCCCCCCCCCCCCCCC(=O)OCC(CSCC(C)C(=O)O)OC(=O)CCCCCCCCCCCCCCC. The lowest BCUT2D eigenvalue weighted by Crippen LogP contribution is -2.28. The maximum Gasteiger partial charge on any atom is 0.307 e. The molecule has 2 unspecified atom stereocenters. The molecule has 1 N–H and O–H groups in total. The molecule has 0 aromatic heterocycles. The summed E-state index contributed by atoms with van der Waals surface area (Å²) >= 11 is 1.43. The molecule has 0 saturated heterocycles. The van der Waals surface area contributed by atoms with E-state index in [0.717, 1.165) is 38.5 Å². The number of thioether (sulfide) groups is 1. The van der Waals surface area contributed by atoms with E-state index in [9.17, 15) is 14.4 Å². The van der Waals surface area contributed by atoms with Crippen molar-refractivity contribution in [3.8, 4) is 0 Å². The topological polar surface area (TPSA) is 89.9 Å². The Morgan fingerprint density at radius 2 is 0.870 bits per heavy atom. The zero-order valence-corrected chi connectivity index (χ0v) is 31.3. The van der Waals surface area contributed by atoms with E-state index in [4.69, 9.17) is 14.6 Å². The van der Waals surface area contributed by atoms with Crippen LogP contribution in [0.1, 0.15) is 201 Å². The van der Waals surface area contributed by atoms with Crippen LogP contribution in [0.2, 0.25) is 0 Å². The van der Waals surface area contributed by atoms with Crippen molar-refractivity contribution in [3.05, 3.63) is 0 Å². The standard InChI is InChI=1S/C39H74O6S/c1-4-6-8-10-12-14-16-18-20-22-24-26-28-30-37(40)44-32-36(34-46-33-35(3)39(42)43)45-38(41)31-29-27-25-23-21-19-17-15-13-11-9-7-5-2/h35-36H,4-34H2,1-3H3,(H,42,43). The first-order chi connectivity index (χ1) is 22.4. The molecule has 0 aromatic rings. The fourth-order valence-corrected chi connectivity index (χ4v) is 6.70. The number of unbranched alkanes of at least 4 members (excludes halogenated alkanes) is 24. The predicted molar refractivity (Wildman–Crippen MR) is 196 cm³/mol. The summed E-state index contributed by atoms with van der Waals surface area (Å²) in [6.07, 6.45) is 32.9. The van der Waals surface area contributed by atoms with Gasteiger partial charge in [-0.3, -0.25) is 14.4 Å². The van der Waals surface area contributed by atoms with Crippen LogP contribution in [0, 0.1) is 5.92 Å². The lowest BCUT2D eigenvalue weighted by molar-refractivity contribution is -0.157. The molecule has 0 saturated carbocycles. The Kier molecular flexibility index (Phi) is 34.1. The lowest BCUT2D eigenvalue weighted by Gasteiger charge is -2.18. The van der Waals surface area contributed by atoms with Gasteiger partial charge in [0.2, 0.25) is 0 Å². The third-order valence-corrected chi connectivity index (χ3v) is 10.1. The number of esters is 2. The Morgan fingerprint density at radius 1 is 0.522 bits per heavy atom. The molecule has 0 rings (SSSR count). The first kappa shape index (κ1) is 44.8. The molecule has 0 fully saturated rings. The number of hydrogen-bond acceptors (Lipinski definition) is 6. The number of carboxylic acids is 1. The highest BCUT2D eigenvalue weighted by Gasteiger charge is 2.19. The Labute approximate surface area is 288 Å². The molecule has 46 heavy (non-hydrogen) atoms. The van der Waals surface area contributed by atoms with E-state index in [2.05, 4.69) is 13.8 Å². The van der Waals surface area contributed by atoms with Gasteiger partial charge in [0.05, 0.1) is 5.92 Å². The van der Waals surface area contributed by atoms with Crippen LogP contribution in [0.5, 0.6) is 0 Å². The van der Waals surface area contributed by atoms with Gasteiger partial charge in [-0.1, -0.05) is 175 Å². The van der Waals surface area contributed by atoms with E-state index >= 15 is 0 Å². The zero-order chi connectivity index (χ0) is 33.9. The van der Waals surface area contributed by atoms with Gasteiger partial charge >= 0.3 is 17.9 Å². The van der Waals surface area contributed by atoms with E-state index in [-0.39, 0.29) is 18.5 Å². The normalized spacial score (nSPS) is 12.6. The molecule has 0 radical (unpaired) electrons. The number of carbonyl (C=O) groups is 3. The second-order valence-corrected chi connectivity index (χ2v) is 14.6. The third-order valence-electron chi connectivity index (χ3n) is 8.79. The van der Waals surface area contributed by atoms with Crippen LogP contribution in [0.15, 0.2) is 0 Å². The second kappa shape index (κ2) is 35.1. The van der Waals surface area contributed by atoms with Gasteiger partial charge in [0.15, 0.2) is 0 Å². The van der Waals surface area contributed by atoms with Gasteiger partial charge in [-0.05, 0) is 12.8 Å². The fraction of sp³-hybridized carbons (Fsp3) is 0.923. The summed E-state index contributed by atoms with van der Waals surface area (Å²) in [5.41, 5.74) is 0. The van der Waals surface area contributed by atoms with Gasteiger partial charge in [0.1, 0.15) is 12.7 Å². The van der Waals surface area contributed by atoms with Crippen LogP contribution >= 0.6 is 11.8 Å². The maximum absolute atomic E-state index is 12.5. The maximum atomic E-state index is 12.5. The molecule has 6 nitrogen and oxygen atoms in total. The minimum atomic E-state index is -0.840. The summed E-state index contributed by atoms with van der Waals surface area (Å²) in [6.45, 7) is 6.22. The average Bonchev–Trinajstić information content (AvgIpc) is 3.04. The molecule has 0 aliphatic heterocycles. The smallest absolute Gasteiger partial charge is 0.307 e. The quantitative estimate of drug-likeness (QED) is 0.0524. The molecule has 7 heteroatoms. The van der Waals surface area contributed by atoms with E-state index in [1.165, 1.54) is 140 Å². The molecule has 0 spiro atoms. The van der Waals surface area contributed by atoms with Crippen molar-refractivity contribution in [1.29, 1.82) is 0 Å². The molecule has 0 aromatic carbocycles. The van der Waals surface area contributed by atoms with Crippen LogP contribution < -0.4 is 0 Å². The van der Waals surface area contributed by atoms with E-state index < -0.39 is 18.0 Å². The first-order valence-corrected chi connectivity index (χ1v) is 20.7. The Bertz CT molecular complexity index is 700. The number of hydrogen-bond donors (Lipinski definition) is 1. The Morgan fingerprint density at radius 3 is 1.24 bits per heavy atom. The van der Waals surface area contributed by atoms with Gasteiger partial charge in [-0.2, -0.15) is 11.8 Å². The van der Waals surface area contributed by atoms with Crippen molar-refractivity contribution in [2.45, 2.75) is 207 Å². The first-order valence-electron chi connectivity index (χ1n) is 19.6. The predicted octanol–water partition coefficient (Wildman–Crippen LogP) is 11.9. The highest BCUT2D eigenvalue weighted by molar-refractivity contribution is 7.99. The molecule has 0 amide bonds. The molecular formula is C39H74O6S. The van der Waals surface area contributed by atoms with Crippen molar-refractivity contribution in [1.82, 2.24) is 0 Å². The number of rotatable bonds is 36. The number of ether oxygens (including phenoxy) is 2. The van der Waals surface area contributed by atoms with E-state index in [0.29, 0.717) is 24.3 Å². The van der Waals surface area contributed by atoms with Crippen molar-refractivity contribution >= 4 is 29.7 Å². The Hall–Kier alpha value is -1.24. The minimum absolute atomic E-state index is 0.0378. The molecule has 0 bridgehead atoms. The summed E-state index contributed by atoms with van der Waals surface area (Å²) in [5.74, 6) is -0.974. The fourth-order valence-electron chi connectivity index (χ4n) is 5.64. The molecule has 2 atom stereocenters. The van der Waals surface area contributed by atoms with E-state index in [1.54, 1.807) is 6.92 Å². The minimum Gasteiger partial charge on any atom is -0.481 e. The summed E-state index contributed by atoms with van der Waals surface area (Å²) in [7, 11) is 0. The van der Waals surface area contributed by atoms with Crippen molar-refractivity contribution in [2.24, 2.45) is 5.92 Å². The van der Waals surface area contributed by atoms with Gasteiger partial charge in [-0.25, -0.2) is 0 Å². The van der Waals surface area contributed by atoms with Crippen molar-refractivity contribution in [3.63, 3.8) is 0 Å². The van der Waals surface area contributed by atoms with Crippen molar-refractivity contribution in [2.75, 3.05) is 18.1 Å². The monoisotopic (exact) mass is 671 g/mol. The van der Waals surface area contributed by atoms with Gasteiger partial charge in [0.25, 0.3) is 0 Å². The molecule has 272 valence electrons. The summed E-state index contributed by atoms with van der Waals surface area (Å²) in [4.78, 5) is 36.1. The van der Waals surface area contributed by atoms with Gasteiger partial charge in [-0.15, -0.1) is 0 Å². The van der Waals surface area contributed by atoms with Crippen LogP contribution in [0.3, 0.4) is 0 Å². The van der Waals surface area contributed by atoms with Gasteiger partial charge < -0.3 is 14.6 Å². The summed E-state index contributed by atoms with van der Waals surface area (Å²) in [6, 6.07) is 0. The lowest BCUT2D eigenvalue weighted by atomic mass is 10.0. The van der Waals surface area contributed by atoms with Crippen LogP contribution in [-0.2, 0) is 23.9 Å². The Balaban J connectivity index is 4.06. The molecular weight excluding hydrogens is 596 g/mol. The van der Waals surface area contributed by atoms with Gasteiger partial charge in [0, 0.05) is 24.3 Å². The highest BCUT2D eigenvalue weighted by atomic mass is 32.2.